The van der Waals surface area contributed by atoms with Crippen molar-refractivity contribution in [3.05, 3.63) is 167 Å². The molecule has 3 heteroatoms. The number of rotatable bonds is 9. The summed E-state index contributed by atoms with van der Waals surface area (Å²) < 4.78 is 4.63. The van der Waals surface area contributed by atoms with Gasteiger partial charge < -0.3 is 4.57 Å². The zero-order valence-corrected chi connectivity index (χ0v) is 36.6. The van der Waals surface area contributed by atoms with Crippen LogP contribution in [0.15, 0.2) is 133 Å². The minimum Gasteiger partial charge on any atom is -0.310 e. The Morgan fingerprint density at radius 1 is 0.633 bits per heavy atom. The molecule has 6 aromatic carbocycles. The zero-order chi connectivity index (χ0) is 41.9. The molecular formula is C57H59N3. The second-order valence-electron chi connectivity index (χ2n) is 16.5. The SMILES string of the molecule is CC/C=C\C(=N)n1c2ccccc2c2c(CCC)c(-c3ccc4c(c3C)c3c(n4-c4cccc(-c5ccc(C)c(-c6ccccc6C)c5)c4)C=CCC3)ccc21.CCCC. The molecule has 0 amide bonds. The van der Waals surface area contributed by atoms with E-state index in [4.69, 9.17) is 5.41 Å². The Hall–Kier alpha value is -6.19. The molecule has 0 unspecified atom stereocenters. The monoisotopic (exact) mass is 785 g/mol. The molecule has 0 atom stereocenters. The van der Waals surface area contributed by atoms with Crippen LogP contribution < -0.4 is 0 Å². The number of hydrogen-bond donors (Lipinski definition) is 1. The van der Waals surface area contributed by atoms with E-state index in [0.29, 0.717) is 5.84 Å². The van der Waals surface area contributed by atoms with Gasteiger partial charge in [0.1, 0.15) is 5.84 Å². The fourth-order valence-corrected chi connectivity index (χ4v) is 9.33. The molecule has 302 valence electrons. The van der Waals surface area contributed by atoms with Crippen LogP contribution in [-0.4, -0.2) is 15.0 Å². The van der Waals surface area contributed by atoms with Crippen LogP contribution in [0.5, 0.6) is 0 Å². The Morgan fingerprint density at radius 2 is 1.37 bits per heavy atom. The first-order valence-corrected chi connectivity index (χ1v) is 22.2. The molecular weight excluding hydrogens is 727 g/mol. The maximum Gasteiger partial charge on any atom is 0.129 e. The van der Waals surface area contributed by atoms with E-state index in [9.17, 15) is 0 Å². The van der Waals surface area contributed by atoms with Gasteiger partial charge in [0.2, 0.25) is 0 Å². The number of benzene rings is 6. The van der Waals surface area contributed by atoms with E-state index in [-0.39, 0.29) is 0 Å². The van der Waals surface area contributed by atoms with Crippen LogP contribution in [0.1, 0.15) is 93.3 Å². The van der Waals surface area contributed by atoms with Crippen LogP contribution in [0, 0.1) is 26.2 Å². The molecule has 60 heavy (non-hydrogen) atoms. The van der Waals surface area contributed by atoms with Crippen LogP contribution in [-0.2, 0) is 12.8 Å². The largest absolute Gasteiger partial charge is 0.310 e. The number of aryl methyl sites for hydroxylation is 5. The zero-order valence-electron chi connectivity index (χ0n) is 36.6. The molecule has 2 heterocycles. The van der Waals surface area contributed by atoms with Crippen LogP contribution >= 0.6 is 0 Å². The number of para-hydroxylation sites is 1. The second kappa shape index (κ2) is 17.6. The maximum absolute atomic E-state index is 9.08. The lowest BCUT2D eigenvalue weighted by molar-refractivity contribution is 0.886. The molecule has 0 saturated carbocycles. The van der Waals surface area contributed by atoms with E-state index >= 15 is 0 Å². The fraction of sp³-hybridized carbons (Fsp3) is 0.246. The highest BCUT2D eigenvalue weighted by Gasteiger charge is 2.24. The van der Waals surface area contributed by atoms with E-state index in [2.05, 4.69) is 191 Å². The van der Waals surface area contributed by atoms with Gasteiger partial charge in [-0.05, 0) is 156 Å². The average Bonchev–Trinajstić information content (AvgIpc) is 3.80. The molecule has 3 nitrogen and oxygen atoms in total. The summed E-state index contributed by atoms with van der Waals surface area (Å²) in [7, 11) is 0. The summed E-state index contributed by atoms with van der Waals surface area (Å²) in [5, 5.41) is 12.9. The molecule has 0 aliphatic heterocycles. The Kier molecular flexibility index (Phi) is 11.9. The van der Waals surface area contributed by atoms with Gasteiger partial charge in [-0.1, -0.05) is 138 Å². The molecule has 1 aliphatic carbocycles. The number of nitrogens with zero attached hydrogens (tertiary/aromatic N) is 2. The Labute approximate surface area is 357 Å². The molecule has 0 bridgehead atoms. The molecule has 1 aliphatic rings. The Bertz CT molecular complexity index is 2940. The Morgan fingerprint density at radius 3 is 2.15 bits per heavy atom. The lowest BCUT2D eigenvalue weighted by Crippen LogP contribution is -2.07. The third-order valence-corrected chi connectivity index (χ3v) is 12.5. The highest BCUT2D eigenvalue weighted by molar-refractivity contribution is 6.18. The number of hydrogen-bond acceptors (Lipinski definition) is 1. The van der Waals surface area contributed by atoms with Crippen molar-refractivity contribution in [2.75, 3.05) is 0 Å². The van der Waals surface area contributed by atoms with Crippen molar-refractivity contribution in [3.8, 4) is 39.1 Å². The van der Waals surface area contributed by atoms with Gasteiger partial charge in [-0.3, -0.25) is 9.98 Å². The smallest absolute Gasteiger partial charge is 0.129 e. The molecule has 0 radical (unpaired) electrons. The summed E-state index contributed by atoms with van der Waals surface area (Å²) in [6.45, 7) is 15.5. The number of unbranched alkanes of at least 4 members (excludes halogenated alkanes) is 1. The average molecular weight is 786 g/mol. The van der Waals surface area contributed by atoms with Gasteiger partial charge in [-0.15, -0.1) is 0 Å². The first kappa shape index (κ1) is 40.6. The Balaban J connectivity index is 0.00000120. The number of aromatic nitrogens is 2. The van der Waals surface area contributed by atoms with Crippen LogP contribution in [0.3, 0.4) is 0 Å². The van der Waals surface area contributed by atoms with E-state index < -0.39 is 0 Å². The van der Waals surface area contributed by atoms with Crippen molar-refractivity contribution in [2.45, 2.75) is 93.4 Å². The summed E-state index contributed by atoms with van der Waals surface area (Å²) >= 11 is 0. The minimum absolute atomic E-state index is 0.505. The van der Waals surface area contributed by atoms with Crippen molar-refractivity contribution in [1.82, 2.24) is 9.13 Å². The molecule has 0 saturated heterocycles. The third kappa shape index (κ3) is 7.25. The standard InChI is InChI=1S/C53H49N3.C4H10/c1-6-8-25-51(54)56-48-24-14-12-22-45(48)53-43(16-7-2)42(29-31-50(53)56)41-28-30-49-52(36(41)5)44-21-11-13-23-47(44)55(49)39-19-15-18-37(32-39)38-27-26-35(4)46(33-38)40-20-10-9-17-34(40)3;1-3-4-2/h8-10,12-15,17-20,22-33,54H,6-7,11,16,21H2,1-5H3;3-4H2,1-2H3/b25-8-,54-51?;. The summed E-state index contributed by atoms with van der Waals surface area (Å²) in [5.74, 6) is 0.505. The van der Waals surface area contributed by atoms with Gasteiger partial charge in [-0.25, -0.2) is 0 Å². The number of allylic oxidation sites excluding steroid dienone is 3. The predicted molar refractivity (Wildman–Crippen MR) is 261 cm³/mol. The third-order valence-electron chi connectivity index (χ3n) is 12.5. The molecule has 8 aromatic rings. The van der Waals surface area contributed by atoms with Crippen molar-refractivity contribution in [2.24, 2.45) is 0 Å². The van der Waals surface area contributed by atoms with Crippen molar-refractivity contribution >= 4 is 44.6 Å². The lowest BCUT2D eigenvalue weighted by atomic mass is 9.88. The summed E-state index contributed by atoms with van der Waals surface area (Å²) in [4.78, 5) is 0. The van der Waals surface area contributed by atoms with Gasteiger partial charge >= 0.3 is 0 Å². The highest BCUT2D eigenvalue weighted by Crippen LogP contribution is 2.43. The van der Waals surface area contributed by atoms with Gasteiger partial charge in [-0.2, -0.15) is 0 Å². The van der Waals surface area contributed by atoms with Crippen LogP contribution in [0.25, 0.3) is 77.9 Å². The predicted octanol–water partition coefficient (Wildman–Crippen LogP) is 16.2. The maximum atomic E-state index is 9.08. The number of nitrogens with one attached hydrogen (secondary N) is 1. The second-order valence-corrected chi connectivity index (χ2v) is 16.5. The van der Waals surface area contributed by atoms with Gasteiger partial charge in [0, 0.05) is 27.5 Å². The topological polar surface area (TPSA) is 33.7 Å². The van der Waals surface area contributed by atoms with E-state index in [1.165, 1.54) is 107 Å². The molecule has 1 N–H and O–H groups in total. The van der Waals surface area contributed by atoms with Gasteiger partial charge in [0.25, 0.3) is 0 Å². The van der Waals surface area contributed by atoms with Gasteiger partial charge in [0.05, 0.1) is 16.6 Å². The van der Waals surface area contributed by atoms with E-state index in [0.717, 1.165) is 43.1 Å². The molecule has 9 rings (SSSR count). The summed E-state index contributed by atoms with van der Waals surface area (Å²) in [6.07, 6.45) is 16.3. The van der Waals surface area contributed by atoms with Crippen molar-refractivity contribution in [3.63, 3.8) is 0 Å². The summed E-state index contributed by atoms with van der Waals surface area (Å²) in [6, 6.07) is 42.6. The number of fused-ring (bicyclic) bond motifs is 6. The first-order chi connectivity index (χ1) is 29.3. The van der Waals surface area contributed by atoms with Crippen LogP contribution in [0.2, 0.25) is 0 Å². The first-order valence-electron chi connectivity index (χ1n) is 22.2. The van der Waals surface area contributed by atoms with Gasteiger partial charge in [0.15, 0.2) is 0 Å². The van der Waals surface area contributed by atoms with Crippen molar-refractivity contribution in [1.29, 1.82) is 5.41 Å². The van der Waals surface area contributed by atoms with E-state index in [1.807, 2.05) is 6.08 Å². The van der Waals surface area contributed by atoms with Crippen LogP contribution in [0.4, 0.5) is 0 Å². The molecule has 0 spiro atoms. The summed E-state index contributed by atoms with van der Waals surface area (Å²) in [5.41, 5.74) is 20.3. The van der Waals surface area contributed by atoms with Crippen molar-refractivity contribution < 1.29 is 0 Å². The minimum atomic E-state index is 0.505. The molecule has 0 fully saturated rings. The fourth-order valence-electron chi connectivity index (χ4n) is 9.33. The lowest BCUT2D eigenvalue weighted by Gasteiger charge is -2.16. The normalized spacial score (nSPS) is 12.4. The quantitative estimate of drug-likeness (QED) is 0.112. The highest BCUT2D eigenvalue weighted by atomic mass is 15.0. The molecule has 2 aromatic heterocycles. The van der Waals surface area contributed by atoms with E-state index in [1.54, 1.807) is 0 Å².